The summed E-state index contributed by atoms with van der Waals surface area (Å²) in [5.74, 6) is 1.46. The zero-order chi connectivity index (χ0) is 20.9. The molecule has 4 rings (SSSR count). The Hall–Kier alpha value is -3.02. The number of carbonyl (C=O) groups excluding carboxylic acids is 2. The molecule has 0 atom stereocenters. The molecule has 0 saturated carbocycles. The van der Waals surface area contributed by atoms with Crippen molar-refractivity contribution in [1.82, 2.24) is 4.90 Å². The maximum Gasteiger partial charge on any atom is 0.231 e. The van der Waals surface area contributed by atoms with Crippen molar-refractivity contribution in [2.75, 3.05) is 25.2 Å². The predicted molar refractivity (Wildman–Crippen MR) is 115 cm³/mol. The SMILES string of the molecule is Cc1ccc(CCCC(=O)N2CCC(C(=O)Nc3ccc4c(c3)OCO4)CC2)cc1. The lowest BCUT2D eigenvalue weighted by molar-refractivity contribution is -0.134. The summed E-state index contributed by atoms with van der Waals surface area (Å²) >= 11 is 0. The number of fused-ring (bicyclic) bond motifs is 1. The van der Waals surface area contributed by atoms with E-state index >= 15 is 0 Å². The second-order valence-electron chi connectivity index (χ2n) is 8.05. The first-order valence-corrected chi connectivity index (χ1v) is 10.6. The van der Waals surface area contributed by atoms with Gasteiger partial charge in [-0.2, -0.15) is 0 Å². The van der Waals surface area contributed by atoms with Gasteiger partial charge in [0.25, 0.3) is 0 Å². The number of anilines is 1. The molecule has 1 saturated heterocycles. The van der Waals surface area contributed by atoms with Crippen LogP contribution in [0, 0.1) is 12.8 Å². The Labute approximate surface area is 177 Å². The van der Waals surface area contributed by atoms with Gasteiger partial charge in [0, 0.05) is 37.2 Å². The molecule has 1 fully saturated rings. The van der Waals surface area contributed by atoms with E-state index in [1.165, 1.54) is 11.1 Å². The number of likely N-dealkylation sites (tertiary alicyclic amines) is 1. The van der Waals surface area contributed by atoms with Crippen molar-refractivity contribution < 1.29 is 19.1 Å². The summed E-state index contributed by atoms with van der Waals surface area (Å²) < 4.78 is 10.6. The summed E-state index contributed by atoms with van der Waals surface area (Å²) in [5.41, 5.74) is 3.23. The van der Waals surface area contributed by atoms with Gasteiger partial charge in [0.05, 0.1) is 0 Å². The summed E-state index contributed by atoms with van der Waals surface area (Å²) in [6.07, 6.45) is 3.72. The third kappa shape index (κ3) is 4.93. The van der Waals surface area contributed by atoms with Crippen LogP contribution >= 0.6 is 0 Å². The molecule has 2 aliphatic rings. The lowest BCUT2D eigenvalue weighted by Gasteiger charge is -2.31. The third-order valence-electron chi connectivity index (χ3n) is 5.84. The highest BCUT2D eigenvalue weighted by molar-refractivity contribution is 5.93. The van der Waals surface area contributed by atoms with Gasteiger partial charge in [-0.1, -0.05) is 29.8 Å². The van der Waals surface area contributed by atoms with Gasteiger partial charge < -0.3 is 19.7 Å². The van der Waals surface area contributed by atoms with E-state index in [-0.39, 0.29) is 24.5 Å². The maximum absolute atomic E-state index is 12.6. The molecule has 6 heteroatoms. The van der Waals surface area contributed by atoms with Gasteiger partial charge in [0.1, 0.15) is 0 Å². The monoisotopic (exact) mass is 408 g/mol. The van der Waals surface area contributed by atoms with Crippen LogP contribution in [0.3, 0.4) is 0 Å². The van der Waals surface area contributed by atoms with Crippen molar-refractivity contribution in [1.29, 1.82) is 0 Å². The molecule has 1 N–H and O–H groups in total. The van der Waals surface area contributed by atoms with Crippen LogP contribution in [0.25, 0.3) is 0 Å². The van der Waals surface area contributed by atoms with Crippen molar-refractivity contribution in [3.05, 3.63) is 53.6 Å². The van der Waals surface area contributed by atoms with Crippen molar-refractivity contribution in [3.8, 4) is 11.5 Å². The van der Waals surface area contributed by atoms with Gasteiger partial charge in [-0.15, -0.1) is 0 Å². The Morgan fingerprint density at radius 1 is 1.03 bits per heavy atom. The molecule has 6 nitrogen and oxygen atoms in total. The van der Waals surface area contributed by atoms with Crippen LogP contribution in [0.2, 0.25) is 0 Å². The first-order valence-electron chi connectivity index (χ1n) is 10.6. The van der Waals surface area contributed by atoms with Gasteiger partial charge >= 0.3 is 0 Å². The fourth-order valence-electron chi connectivity index (χ4n) is 3.97. The van der Waals surface area contributed by atoms with E-state index in [9.17, 15) is 9.59 Å². The minimum atomic E-state index is -0.0768. The van der Waals surface area contributed by atoms with E-state index in [0.29, 0.717) is 49.5 Å². The lowest BCUT2D eigenvalue weighted by atomic mass is 9.95. The van der Waals surface area contributed by atoms with Crippen molar-refractivity contribution in [2.24, 2.45) is 5.92 Å². The van der Waals surface area contributed by atoms with Gasteiger partial charge in [-0.3, -0.25) is 9.59 Å². The number of hydrogen-bond donors (Lipinski definition) is 1. The predicted octanol–water partition coefficient (Wildman–Crippen LogP) is 3.92. The van der Waals surface area contributed by atoms with Crippen LogP contribution in [0.1, 0.15) is 36.8 Å². The molecule has 2 aromatic carbocycles. The fraction of sp³-hybridized carbons (Fsp3) is 0.417. The average Bonchev–Trinajstić information content (AvgIpc) is 3.23. The smallest absolute Gasteiger partial charge is 0.231 e. The van der Waals surface area contributed by atoms with Crippen LogP contribution in [-0.4, -0.2) is 36.6 Å². The van der Waals surface area contributed by atoms with Gasteiger partial charge in [-0.25, -0.2) is 0 Å². The van der Waals surface area contributed by atoms with Crippen molar-refractivity contribution in [2.45, 2.75) is 39.0 Å². The number of carbonyl (C=O) groups is 2. The van der Waals surface area contributed by atoms with Crippen LogP contribution < -0.4 is 14.8 Å². The largest absolute Gasteiger partial charge is 0.454 e. The molecule has 0 spiro atoms. The Bertz CT molecular complexity index is 902. The summed E-state index contributed by atoms with van der Waals surface area (Å²) in [5, 5.41) is 2.96. The zero-order valence-corrected chi connectivity index (χ0v) is 17.4. The van der Waals surface area contributed by atoms with Crippen LogP contribution in [-0.2, 0) is 16.0 Å². The summed E-state index contributed by atoms with van der Waals surface area (Å²) in [4.78, 5) is 27.0. The molecular formula is C24H28N2O4. The second kappa shape index (κ2) is 9.20. The number of nitrogens with one attached hydrogen (secondary N) is 1. The highest BCUT2D eigenvalue weighted by Gasteiger charge is 2.27. The Morgan fingerprint density at radius 2 is 1.77 bits per heavy atom. The third-order valence-corrected chi connectivity index (χ3v) is 5.84. The summed E-state index contributed by atoms with van der Waals surface area (Å²) in [6.45, 7) is 3.57. The maximum atomic E-state index is 12.6. The Morgan fingerprint density at radius 3 is 2.53 bits per heavy atom. The van der Waals surface area contributed by atoms with E-state index in [0.717, 1.165) is 12.8 Å². The van der Waals surface area contributed by atoms with E-state index < -0.39 is 0 Å². The molecule has 2 amide bonds. The van der Waals surface area contributed by atoms with Crippen LogP contribution in [0.5, 0.6) is 11.5 Å². The van der Waals surface area contributed by atoms with Gasteiger partial charge in [0.15, 0.2) is 11.5 Å². The molecule has 0 unspecified atom stereocenters. The van der Waals surface area contributed by atoms with E-state index in [4.69, 9.17) is 9.47 Å². The second-order valence-corrected chi connectivity index (χ2v) is 8.05. The first-order chi connectivity index (χ1) is 14.6. The minimum Gasteiger partial charge on any atom is -0.454 e. The zero-order valence-electron chi connectivity index (χ0n) is 17.4. The number of ether oxygens (including phenoxy) is 2. The van der Waals surface area contributed by atoms with Gasteiger partial charge in [-0.05, 0) is 50.3 Å². The minimum absolute atomic E-state index is 0.000310. The standard InChI is InChI=1S/C24H28N2O4/c1-17-5-7-18(8-6-17)3-2-4-23(27)26-13-11-19(12-14-26)24(28)25-20-9-10-21-22(15-20)30-16-29-21/h5-10,15,19H,2-4,11-14,16H2,1H3,(H,25,28). The number of hydrogen-bond acceptors (Lipinski definition) is 4. The topological polar surface area (TPSA) is 67.9 Å². The molecule has 158 valence electrons. The Balaban J connectivity index is 1.19. The number of piperidine rings is 1. The first kappa shape index (κ1) is 20.3. The molecule has 0 bridgehead atoms. The van der Waals surface area contributed by atoms with Gasteiger partial charge in [0.2, 0.25) is 18.6 Å². The van der Waals surface area contributed by atoms with E-state index in [2.05, 4.69) is 36.5 Å². The Kier molecular flexibility index (Phi) is 6.21. The number of amides is 2. The molecule has 2 heterocycles. The molecule has 2 aromatic rings. The van der Waals surface area contributed by atoms with Crippen molar-refractivity contribution >= 4 is 17.5 Å². The highest BCUT2D eigenvalue weighted by Crippen LogP contribution is 2.34. The molecular weight excluding hydrogens is 380 g/mol. The highest BCUT2D eigenvalue weighted by atomic mass is 16.7. The number of rotatable bonds is 6. The number of aryl methyl sites for hydroxylation is 2. The van der Waals surface area contributed by atoms with Crippen LogP contribution in [0.15, 0.2) is 42.5 Å². The molecule has 0 radical (unpaired) electrons. The fourth-order valence-corrected chi connectivity index (χ4v) is 3.97. The van der Waals surface area contributed by atoms with Crippen molar-refractivity contribution in [3.63, 3.8) is 0 Å². The lowest BCUT2D eigenvalue weighted by Crippen LogP contribution is -2.41. The normalized spacial score (nSPS) is 15.8. The van der Waals surface area contributed by atoms with E-state index in [1.54, 1.807) is 12.1 Å². The van der Waals surface area contributed by atoms with E-state index in [1.807, 2.05) is 11.0 Å². The molecule has 0 aromatic heterocycles. The molecule has 30 heavy (non-hydrogen) atoms. The summed E-state index contributed by atoms with van der Waals surface area (Å²) in [6, 6.07) is 13.9. The number of benzene rings is 2. The quantitative estimate of drug-likeness (QED) is 0.787. The molecule has 0 aliphatic carbocycles. The number of nitrogens with zero attached hydrogens (tertiary/aromatic N) is 1. The van der Waals surface area contributed by atoms with Crippen LogP contribution in [0.4, 0.5) is 5.69 Å². The molecule has 2 aliphatic heterocycles. The summed E-state index contributed by atoms with van der Waals surface area (Å²) in [7, 11) is 0. The average molecular weight is 408 g/mol.